The van der Waals surface area contributed by atoms with Crippen molar-refractivity contribution in [1.82, 2.24) is 10.2 Å². The van der Waals surface area contributed by atoms with E-state index in [0.717, 1.165) is 22.0 Å². The number of thioether (sulfide) groups is 1. The number of carbonyl (C=O) groups excluding carboxylic acids is 1. The Kier molecular flexibility index (Phi) is 5.73. The summed E-state index contributed by atoms with van der Waals surface area (Å²) in [5.74, 6) is 0.690. The van der Waals surface area contributed by atoms with Crippen molar-refractivity contribution in [3.63, 3.8) is 0 Å². The molecule has 0 unspecified atom stereocenters. The highest BCUT2D eigenvalue weighted by molar-refractivity contribution is 8.19. The maximum absolute atomic E-state index is 13.2. The molecule has 2 heterocycles. The first-order valence-corrected chi connectivity index (χ1v) is 10.7. The normalized spacial score (nSPS) is 16.8. The first-order valence-electron chi connectivity index (χ1n) is 9.05. The quantitative estimate of drug-likeness (QED) is 0.538. The molecular weight excluding hydrogens is 404 g/mol. The van der Waals surface area contributed by atoms with E-state index in [2.05, 4.69) is 15.2 Å². The lowest BCUT2D eigenvalue weighted by atomic mass is 10.2. The first-order chi connectivity index (χ1) is 14.1. The highest BCUT2D eigenvalue weighted by Gasteiger charge is 2.35. The average Bonchev–Trinajstić information content (AvgIpc) is 3.27. The van der Waals surface area contributed by atoms with Gasteiger partial charge >= 0.3 is 0 Å². The molecule has 146 valence electrons. The summed E-state index contributed by atoms with van der Waals surface area (Å²) in [6.07, 6.45) is 1.87. The van der Waals surface area contributed by atoms with Crippen LogP contribution >= 0.6 is 23.1 Å². The fraction of sp³-hybridized carbons (Fsp3) is 0.143. The zero-order valence-corrected chi connectivity index (χ0v) is 17.5. The lowest BCUT2D eigenvalue weighted by Gasteiger charge is -2.14. The van der Waals surface area contributed by atoms with Crippen molar-refractivity contribution in [2.75, 3.05) is 11.5 Å². The van der Waals surface area contributed by atoms with Gasteiger partial charge in [0.2, 0.25) is 5.13 Å². The van der Waals surface area contributed by atoms with Crippen LogP contribution in [0.5, 0.6) is 5.75 Å². The minimum Gasteiger partial charge on any atom is -0.494 e. The fourth-order valence-electron chi connectivity index (χ4n) is 2.74. The number of hydrogen-bond acceptors (Lipinski definition) is 7. The Balaban J connectivity index is 1.69. The Morgan fingerprint density at radius 3 is 2.52 bits per heavy atom. The summed E-state index contributed by atoms with van der Waals surface area (Å²) >= 11 is 2.72. The molecule has 1 fully saturated rings. The molecule has 29 heavy (non-hydrogen) atoms. The summed E-state index contributed by atoms with van der Waals surface area (Å²) in [6.45, 7) is 4.44. The van der Waals surface area contributed by atoms with E-state index >= 15 is 0 Å². The summed E-state index contributed by atoms with van der Waals surface area (Å²) in [4.78, 5) is 20.0. The van der Waals surface area contributed by atoms with Crippen molar-refractivity contribution in [3.05, 3.63) is 70.1 Å². The molecule has 0 spiro atoms. The van der Waals surface area contributed by atoms with E-state index in [-0.39, 0.29) is 5.91 Å². The topological polar surface area (TPSA) is 67.7 Å². The summed E-state index contributed by atoms with van der Waals surface area (Å²) in [6, 6.07) is 17.1. The van der Waals surface area contributed by atoms with Crippen LogP contribution in [0.25, 0.3) is 6.08 Å². The molecule has 1 amide bonds. The molecule has 0 N–H and O–H groups in total. The number of hydrogen-bond donors (Lipinski definition) is 0. The molecule has 6 nitrogen and oxygen atoms in total. The van der Waals surface area contributed by atoms with E-state index in [1.165, 1.54) is 23.1 Å². The van der Waals surface area contributed by atoms with Gasteiger partial charge < -0.3 is 4.74 Å². The Hall–Kier alpha value is -2.97. The third-order valence-electron chi connectivity index (χ3n) is 4.02. The Morgan fingerprint density at radius 1 is 1.10 bits per heavy atom. The van der Waals surface area contributed by atoms with Gasteiger partial charge in [0.25, 0.3) is 5.91 Å². The maximum atomic E-state index is 13.2. The number of amidine groups is 1. The molecular formula is C21H18N4O2S2. The SMILES string of the molecule is CCOc1ccc(/C=C2\S/C(=N/c3nnc(C)s3)N(c3ccccc3)C2=O)cc1. The lowest BCUT2D eigenvalue weighted by Crippen LogP contribution is -2.28. The Bertz CT molecular complexity index is 1080. The summed E-state index contributed by atoms with van der Waals surface area (Å²) < 4.78 is 5.48. The van der Waals surface area contributed by atoms with E-state index in [0.29, 0.717) is 21.8 Å². The number of benzene rings is 2. The molecule has 0 radical (unpaired) electrons. The molecule has 1 aromatic heterocycles. The van der Waals surface area contributed by atoms with Gasteiger partial charge in [0.05, 0.1) is 17.2 Å². The second-order valence-corrected chi connectivity index (χ2v) is 8.26. The largest absolute Gasteiger partial charge is 0.494 e. The van der Waals surface area contributed by atoms with Gasteiger partial charge in [0.1, 0.15) is 10.8 Å². The molecule has 0 saturated carbocycles. The zero-order valence-electron chi connectivity index (χ0n) is 15.9. The molecule has 3 aromatic rings. The third kappa shape index (κ3) is 4.38. The van der Waals surface area contributed by atoms with Crippen LogP contribution < -0.4 is 9.64 Å². The van der Waals surface area contributed by atoms with Crippen LogP contribution in [-0.2, 0) is 4.79 Å². The smallest absolute Gasteiger partial charge is 0.271 e. The first kappa shape index (κ1) is 19.4. The van der Waals surface area contributed by atoms with Gasteiger partial charge in [-0.3, -0.25) is 9.69 Å². The molecule has 0 bridgehead atoms. The number of aryl methyl sites for hydroxylation is 1. The van der Waals surface area contributed by atoms with Gasteiger partial charge in [0.15, 0.2) is 5.17 Å². The van der Waals surface area contributed by atoms with Crippen molar-refractivity contribution < 1.29 is 9.53 Å². The van der Waals surface area contributed by atoms with Crippen LogP contribution in [0.3, 0.4) is 0 Å². The number of rotatable bonds is 5. The van der Waals surface area contributed by atoms with Crippen LogP contribution in [0.4, 0.5) is 10.8 Å². The van der Waals surface area contributed by atoms with Crippen molar-refractivity contribution in [2.45, 2.75) is 13.8 Å². The third-order valence-corrected chi connectivity index (χ3v) is 5.72. The van der Waals surface area contributed by atoms with Crippen molar-refractivity contribution in [2.24, 2.45) is 4.99 Å². The number of amides is 1. The van der Waals surface area contributed by atoms with Crippen LogP contribution in [0, 0.1) is 6.92 Å². The number of aromatic nitrogens is 2. The molecule has 1 saturated heterocycles. The van der Waals surface area contributed by atoms with Crippen LogP contribution in [-0.4, -0.2) is 27.9 Å². The second-order valence-electron chi connectivity index (χ2n) is 6.09. The maximum Gasteiger partial charge on any atom is 0.271 e. The monoisotopic (exact) mass is 422 g/mol. The van der Waals surface area contributed by atoms with Gasteiger partial charge in [-0.25, -0.2) is 0 Å². The molecule has 1 aliphatic heterocycles. The number of carbonyl (C=O) groups is 1. The lowest BCUT2D eigenvalue weighted by molar-refractivity contribution is -0.113. The Morgan fingerprint density at radius 2 is 1.86 bits per heavy atom. The van der Waals surface area contributed by atoms with Gasteiger partial charge in [-0.05, 0) is 61.5 Å². The van der Waals surface area contributed by atoms with E-state index < -0.39 is 0 Å². The summed E-state index contributed by atoms with van der Waals surface area (Å²) in [7, 11) is 0. The number of para-hydroxylation sites is 1. The van der Waals surface area contributed by atoms with E-state index in [1.807, 2.05) is 74.5 Å². The highest BCUT2D eigenvalue weighted by atomic mass is 32.2. The fourth-order valence-corrected chi connectivity index (χ4v) is 4.34. The van der Waals surface area contributed by atoms with Gasteiger partial charge in [-0.15, -0.1) is 10.2 Å². The minimum absolute atomic E-state index is 0.116. The number of anilines is 1. The molecule has 0 aliphatic carbocycles. The number of nitrogens with zero attached hydrogens (tertiary/aromatic N) is 4. The molecule has 4 rings (SSSR count). The average molecular weight is 423 g/mol. The predicted octanol–water partition coefficient (Wildman–Crippen LogP) is 5.05. The van der Waals surface area contributed by atoms with E-state index in [4.69, 9.17) is 4.74 Å². The minimum atomic E-state index is -0.116. The number of aliphatic imine (C=N–C) groups is 1. The van der Waals surface area contributed by atoms with Crippen molar-refractivity contribution >= 4 is 51.1 Å². The zero-order chi connectivity index (χ0) is 20.2. The number of ether oxygens (including phenoxy) is 1. The van der Waals surface area contributed by atoms with Crippen LogP contribution in [0.15, 0.2) is 64.5 Å². The highest BCUT2D eigenvalue weighted by Crippen LogP contribution is 2.37. The Labute approximate surface area is 177 Å². The molecule has 1 aliphatic rings. The van der Waals surface area contributed by atoms with Crippen LogP contribution in [0.1, 0.15) is 17.5 Å². The van der Waals surface area contributed by atoms with Gasteiger partial charge in [0, 0.05) is 0 Å². The summed E-state index contributed by atoms with van der Waals surface area (Å²) in [5, 5.41) is 9.99. The van der Waals surface area contributed by atoms with Crippen LogP contribution in [0.2, 0.25) is 0 Å². The van der Waals surface area contributed by atoms with E-state index in [1.54, 1.807) is 4.90 Å². The van der Waals surface area contributed by atoms with Gasteiger partial charge in [-0.1, -0.05) is 41.7 Å². The summed E-state index contributed by atoms with van der Waals surface area (Å²) in [5.41, 5.74) is 1.69. The van der Waals surface area contributed by atoms with E-state index in [9.17, 15) is 4.79 Å². The molecule has 0 atom stereocenters. The predicted molar refractivity (Wildman–Crippen MR) is 119 cm³/mol. The molecule has 8 heteroatoms. The van der Waals surface area contributed by atoms with Crippen molar-refractivity contribution in [1.29, 1.82) is 0 Å². The second kappa shape index (κ2) is 8.59. The molecule has 2 aromatic carbocycles. The van der Waals surface area contributed by atoms with Gasteiger partial charge in [-0.2, -0.15) is 4.99 Å². The van der Waals surface area contributed by atoms with Crippen molar-refractivity contribution in [3.8, 4) is 5.75 Å². The standard InChI is InChI=1S/C21H18N4O2S2/c1-3-27-17-11-9-15(10-12-17)13-18-19(26)25(16-7-5-4-6-8-16)21(29-18)22-20-24-23-14(2)28-20/h4-13H,3H2,1-2H3/b18-13-,22-21+.